The van der Waals surface area contributed by atoms with E-state index in [1.807, 2.05) is 0 Å². The summed E-state index contributed by atoms with van der Waals surface area (Å²) in [5.41, 5.74) is 5.20. The first kappa shape index (κ1) is 17.8. The number of likely N-dealkylation sites (N-methyl/N-ethyl adjacent to an activating group) is 1. The molecule has 8 heteroatoms. The van der Waals surface area contributed by atoms with Crippen molar-refractivity contribution in [3.8, 4) is 0 Å². The van der Waals surface area contributed by atoms with Crippen molar-refractivity contribution in [1.29, 1.82) is 0 Å². The normalized spacial score (nSPS) is 15.2. The van der Waals surface area contributed by atoms with Crippen LogP contribution in [-0.2, 0) is 19.2 Å². The second-order valence-corrected chi connectivity index (χ2v) is 5.00. The summed E-state index contributed by atoms with van der Waals surface area (Å²) in [6.07, 6.45) is 4.56. The van der Waals surface area contributed by atoms with E-state index in [0.29, 0.717) is 13.0 Å². The van der Waals surface area contributed by atoms with Gasteiger partial charge in [-0.3, -0.25) is 24.1 Å². The van der Waals surface area contributed by atoms with E-state index in [1.54, 1.807) is 7.05 Å². The highest BCUT2D eigenvalue weighted by Crippen LogP contribution is 2.04. The van der Waals surface area contributed by atoms with Crippen molar-refractivity contribution >= 4 is 23.6 Å². The predicted octanol–water partition coefficient (Wildman–Crippen LogP) is -1.34. The number of hydrogen-bond acceptors (Lipinski definition) is 5. The number of carbonyl (C=O) groups excluding carboxylic acids is 4. The molecule has 0 saturated heterocycles. The first-order chi connectivity index (χ1) is 10.5. The minimum absolute atomic E-state index is 0.0829. The van der Waals surface area contributed by atoms with Crippen molar-refractivity contribution in [2.45, 2.75) is 31.7 Å². The molecule has 0 spiro atoms. The molecular formula is C14H22N4O4. The van der Waals surface area contributed by atoms with Crippen LogP contribution in [0.2, 0.25) is 0 Å². The molecule has 1 aliphatic rings. The highest BCUT2D eigenvalue weighted by Gasteiger charge is 2.23. The zero-order valence-electron chi connectivity index (χ0n) is 12.6. The Kier molecular flexibility index (Phi) is 7.24. The monoisotopic (exact) mass is 310 g/mol. The van der Waals surface area contributed by atoms with Crippen LogP contribution in [0.15, 0.2) is 12.2 Å². The summed E-state index contributed by atoms with van der Waals surface area (Å²) in [5.74, 6) is -1.38. The number of imide groups is 1. The lowest BCUT2D eigenvalue weighted by Gasteiger charge is -2.14. The summed E-state index contributed by atoms with van der Waals surface area (Å²) in [5, 5.41) is 5.54. The molecule has 1 unspecified atom stereocenters. The van der Waals surface area contributed by atoms with Crippen LogP contribution in [0.1, 0.15) is 25.7 Å². The first-order valence-corrected chi connectivity index (χ1v) is 7.22. The lowest BCUT2D eigenvalue weighted by Crippen LogP contribution is -2.39. The summed E-state index contributed by atoms with van der Waals surface area (Å²) in [4.78, 5) is 46.2. The van der Waals surface area contributed by atoms with Crippen LogP contribution < -0.4 is 16.4 Å². The third-order valence-corrected chi connectivity index (χ3v) is 3.40. The number of unbranched alkanes of at least 4 members (excludes halogenated alkanes) is 1. The molecule has 0 bridgehead atoms. The molecule has 4 amide bonds. The van der Waals surface area contributed by atoms with Gasteiger partial charge in [-0.05, 0) is 26.3 Å². The molecule has 122 valence electrons. The van der Waals surface area contributed by atoms with Crippen LogP contribution in [0.25, 0.3) is 0 Å². The summed E-state index contributed by atoms with van der Waals surface area (Å²) < 4.78 is 0. The highest BCUT2D eigenvalue weighted by atomic mass is 16.2. The highest BCUT2D eigenvalue weighted by molar-refractivity contribution is 6.13. The van der Waals surface area contributed by atoms with E-state index in [2.05, 4.69) is 10.6 Å². The molecule has 0 aromatic heterocycles. The van der Waals surface area contributed by atoms with Crippen molar-refractivity contribution in [1.82, 2.24) is 15.5 Å². The summed E-state index contributed by atoms with van der Waals surface area (Å²) in [6.45, 7) is 0.564. The van der Waals surface area contributed by atoms with Gasteiger partial charge >= 0.3 is 0 Å². The molecule has 0 radical (unpaired) electrons. The van der Waals surface area contributed by atoms with Crippen molar-refractivity contribution < 1.29 is 19.2 Å². The Morgan fingerprint density at radius 1 is 1.23 bits per heavy atom. The third kappa shape index (κ3) is 5.65. The lowest BCUT2D eigenvalue weighted by atomic mass is 10.1. The molecule has 0 fully saturated rings. The maximum absolute atomic E-state index is 11.6. The first-order valence-electron chi connectivity index (χ1n) is 7.22. The number of nitrogens with two attached hydrogens (primary N) is 1. The van der Waals surface area contributed by atoms with E-state index in [-0.39, 0.29) is 42.6 Å². The largest absolute Gasteiger partial charge is 0.368 e. The second kappa shape index (κ2) is 8.93. The minimum Gasteiger partial charge on any atom is -0.368 e. The van der Waals surface area contributed by atoms with Crippen LogP contribution >= 0.6 is 0 Å². The van der Waals surface area contributed by atoms with Gasteiger partial charge in [0, 0.05) is 31.7 Å². The van der Waals surface area contributed by atoms with Gasteiger partial charge in [-0.25, -0.2) is 0 Å². The van der Waals surface area contributed by atoms with Crippen molar-refractivity contribution in [2.24, 2.45) is 5.73 Å². The van der Waals surface area contributed by atoms with Crippen LogP contribution in [-0.4, -0.2) is 54.7 Å². The van der Waals surface area contributed by atoms with Crippen LogP contribution in [0.4, 0.5) is 0 Å². The predicted molar refractivity (Wildman–Crippen MR) is 79.4 cm³/mol. The molecule has 1 atom stereocenters. The molecule has 8 nitrogen and oxygen atoms in total. The maximum Gasteiger partial charge on any atom is 0.253 e. The number of primary amides is 1. The Morgan fingerprint density at radius 2 is 1.86 bits per heavy atom. The number of rotatable bonds is 10. The van der Waals surface area contributed by atoms with E-state index < -0.39 is 0 Å². The van der Waals surface area contributed by atoms with Gasteiger partial charge < -0.3 is 16.4 Å². The molecule has 0 saturated carbocycles. The zero-order valence-corrected chi connectivity index (χ0v) is 12.6. The Balaban J connectivity index is 2.10. The van der Waals surface area contributed by atoms with E-state index in [0.717, 1.165) is 17.7 Å². The third-order valence-electron chi connectivity index (χ3n) is 3.40. The van der Waals surface area contributed by atoms with Crippen LogP contribution in [0, 0.1) is 0 Å². The quantitative estimate of drug-likeness (QED) is 0.341. The van der Waals surface area contributed by atoms with Gasteiger partial charge in [0.1, 0.15) is 0 Å². The Labute approximate surface area is 129 Å². The SMILES string of the molecule is CNC(CCCCNC(=O)CCN1C(=O)C=CC1=O)C(N)=O. The average Bonchev–Trinajstić information content (AvgIpc) is 2.79. The van der Waals surface area contributed by atoms with Gasteiger partial charge in [-0.1, -0.05) is 0 Å². The van der Waals surface area contributed by atoms with Crippen LogP contribution in [0.3, 0.4) is 0 Å². The molecular weight excluding hydrogens is 288 g/mol. The van der Waals surface area contributed by atoms with E-state index in [4.69, 9.17) is 5.73 Å². The van der Waals surface area contributed by atoms with Gasteiger partial charge in [-0.15, -0.1) is 0 Å². The Hall–Kier alpha value is -2.22. The second-order valence-electron chi connectivity index (χ2n) is 5.00. The lowest BCUT2D eigenvalue weighted by molar-refractivity contribution is -0.137. The van der Waals surface area contributed by atoms with Crippen molar-refractivity contribution in [3.05, 3.63) is 12.2 Å². The number of amides is 4. The minimum atomic E-state index is -0.389. The summed E-state index contributed by atoms with van der Waals surface area (Å²) >= 11 is 0. The standard InChI is InChI=1S/C14H22N4O4/c1-16-10(14(15)22)4-2-3-8-17-11(19)7-9-18-12(20)5-6-13(18)21/h5-6,10,16H,2-4,7-9H2,1H3,(H2,15,22)(H,17,19). The number of nitrogens with one attached hydrogen (secondary N) is 2. The fourth-order valence-electron chi connectivity index (χ4n) is 2.08. The molecule has 1 heterocycles. The molecule has 1 rings (SSSR count). The van der Waals surface area contributed by atoms with Gasteiger partial charge in [0.25, 0.3) is 11.8 Å². The Morgan fingerprint density at radius 3 is 2.41 bits per heavy atom. The summed E-state index contributed by atoms with van der Waals surface area (Å²) in [6, 6.07) is -0.351. The average molecular weight is 310 g/mol. The van der Waals surface area contributed by atoms with Gasteiger partial charge in [0.15, 0.2) is 0 Å². The molecule has 0 aromatic carbocycles. The molecule has 0 aromatic rings. The summed E-state index contributed by atoms with van der Waals surface area (Å²) in [7, 11) is 1.67. The number of nitrogens with zero attached hydrogens (tertiary/aromatic N) is 1. The van der Waals surface area contributed by atoms with E-state index >= 15 is 0 Å². The van der Waals surface area contributed by atoms with Crippen molar-refractivity contribution in [3.63, 3.8) is 0 Å². The van der Waals surface area contributed by atoms with Gasteiger partial charge in [0.05, 0.1) is 6.04 Å². The molecule has 1 aliphatic heterocycles. The topological polar surface area (TPSA) is 122 Å². The van der Waals surface area contributed by atoms with Crippen molar-refractivity contribution in [2.75, 3.05) is 20.1 Å². The number of hydrogen-bond donors (Lipinski definition) is 3. The molecule has 4 N–H and O–H groups in total. The van der Waals surface area contributed by atoms with Gasteiger partial charge in [-0.2, -0.15) is 0 Å². The van der Waals surface area contributed by atoms with E-state index in [1.165, 1.54) is 12.2 Å². The Bertz CT molecular complexity index is 457. The maximum atomic E-state index is 11.6. The number of carbonyl (C=O) groups is 4. The van der Waals surface area contributed by atoms with Gasteiger partial charge in [0.2, 0.25) is 11.8 Å². The molecule has 0 aliphatic carbocycles. The fourth-order valence-corrected chi connectivity index (χ4v) is 2.08. The smallest absolute Gasteiger partial charge is 0.253 e. The van der Waals surface area contributed by atoms with Crippen LogP contribution in [0.5, 0.6) is 0 Å². The zero-order chi connectivity index (χ0) is 16.5. The van der Waals surface area contributed by atoms with E-state index in [9.17, 15) is 19.2 Å². The fraction of sp³-hybridized carbons (Fsp3) is 0.571. The molecule has 22 heavy (non-hydrogen) atoms.